The lowest BCUT2D eigenvalue weighted by Crippen LogP contribution is -2.35. The van der Waals surface area contributed by atoms with E-state index in [1.54, 1.807) is 0 Å². The highest BCUT2D eigenvalue weighted by Crippen LogP contribution is 2.20. The molecule has 1 N–H and O–H groups in total. The second kappa shape index (κ2) is 7.61. The fraction of sp³-hybridized carbons (Fsp3) is 0.125. The number of nitrogens with one attached hydrogen (secondary N) is 1. The zero-order chi connectivity index (χ0) is 18.6. The van der Waals surface area contributed by atoms with Crippen LogP contribution in [-0.2, 0) is 14.8 Å². The normalized spacial score (nSPS) is 11.2. The lowest BCUT2D eigenvalue weighted by molar-refractivity contribution is -0.116. The summed E-state index contributed by atoms with van der Waals surface area (Å²) in [4.78, 5) is 11.9. The van der Waals surface area contributed by atoms with Crippen LogP contribution in [0.15, 0.2) is 47.4 Å². The van der Waals surface area contributed by atoms with E-state index in [0.29, 0.717) is 5.69 Å². The Balaban J connectivity index is 2.09. The number of hydrogen-bond acceptors (Lipinski definition) is 4. The van der Waals surface area contributed by atoms with E-state index in [-0.39, 0.29) is 15.5 Å². The van der Waals surface area contributed by atoms with Gasteiger partial charge in [0.25, 0.3) is 0 Å². The molecule has 0 radical (unpaired) electrons. The smallest absolute Gasteiger partial charge is 0.243 e. The van der Waals surface area contributed by atoms with Gasteiger partial charge in [0.05, 0.1) is 22.0 Å². The van der Waals surface area contributed by atoms with Gasteiger partial charge in [0.1, 0.15) is 11.9 Å². The van der Waals surface area contributed by atoms with Gasteiger partial charge in [0.2, 0.25) is 15.9 Å². The first kappa shape index (κ1) is 18.9. The maximum absolute atomic E-state index is 12.9. The van der Waals surface area contributed by atoms with E-state index < -0.39 is 28.3 Å². The van der Waals surface area contributed by atoms with Crippen molar-refractivity contribution in [2.24, 2.45) is 0 Å². The zero-order valence-electron chi connectivity index (χ0n) is 13.0. The van der Waals surface area contributed by atoms with Crippen LogP contribution in [0.2, 0.25) is 5.02 Å². The van der Waals surface area contributed by atoms with E-state index >= 15 is 0 Å². The number of hydrogen-bond donors (Lipinski definition) is 1. The highest BCUT2D eigenvalue weighted by Gasteiger charge is 2.23. The lowest BCUT2D eigenvalue weighted by atomic mass is 10.2. The molecule has 0 aliphatic carbocycles. The van der Waals surface area contributed by atoms with Gasteiger partial charge in [-0.1, -0.05) is 11.6 Å². The fourth-order valence-corrected chi connectivity index (χ4v) is 3.25. The molecule has 0 bridgehead atoms. The van der Waals surface area contributed by atoms with Gasteiger partial charge in [-0.05, 0) is 42.5 Å². The quantitative estimate of drug-likeness (QED) is 0.861. The summed E-state index contributed by atoms with van der Waals surface area (Å²) >= 11 is 5.81. The second-order valence-corrected chi connectivity index (χ2v) is 7.52. The number of nitriles is 1. The first-order chi connectivity index (χ1) is 11.7. The number of carbonyl (C=O) groups is 1. The second-order valence-electron chi connectivity index (χ2n) is 5.07. The molecule has 130 valence electrons. The number of nitrogens with zero attached hydrogens (tertiary/aromatic N) is 2. The van der Waals surface area contributed by atoms with Gasteiger partial charge in [-0.3, -0.25) is 4.79 Å². The zero-order valence-corrected chi connectivity index (χ0v) is 14.6. The Kier molecular flexibility index (Phi) is 5.74. The van der Waals surface area contributed by atoms with Gasteiger partial charge in [0.15, 0.2) is 0 Å². The van der Waals surface area contributed by atoms with Crippen molar-refractivity contribution < 1.29 is 17.6 Å². The van der Waals surface area contributed by atoms with Gasteiger partial charge >= 0.3 is 0 Å². The molecular formula is C16H13ClFN3O3S. The van der Waals surface area contributed by atoms with Crippen molar-refractivity contribution in [2.75, 3.05) is 18.9 Å². The number of rotatable bonds is 5. The average Bonchev–Trinajstić information content (AvgIpc) is 2.56. The molecule has 0 aliphatic heterocycles. The molecule has 2 aromatic carbocycles. The molecule has 0 unspecified atom stereocenters. The van der Waals surface area contributed by atoms with E-state index in [0.717, 1.165) is 28.6 Å². The molecule has 0 heterocycles. The van der Waals surface area contributed by atoms with Crippen molar-refractivity contribution in [1.29, 1.82) is 5.26 Å². The Hall–Kier alpha value is -2.47. The molecule has 0 atom stereocenters. The Bertz CT molecular complexity index is 940. The minimum absolute atomic E-state index is 0.123. The Morgan fingerprint density at radius 2 is 1.92 bits per heavy atom. The van der Waals surface area contributed by atoms with Gasteiger partial charge < -0.3 is 5.32 Å². The summed E-state index contributed by atoms with van der Waals surface area (Å²) in [5, 5.41) is 11.7. The van der Waals surface area contributed by atoms with Crippen LogP contribution in [0.3, 0.4) is 0 Å². The number of benzene rings is 2. The van der Waals surface area contributed by atoms with Crippen LogP contribution < -0.4 is 5.32 Å². The summed E-state index contributed by atoms with van der Waals surface area (Å²) in [6, 6.07) is 10.5. The monoisotopic (exact) mass is 381 g/mol. The predicted molar refractivity (Wildman–Crippen MR) is 91.0 cm³/mol. The third kappa shape index (κ3) is 4.54. The van der Waals surface area contributed by atoms with Gasteiger partial charge in [-0.25, -0.2) is 12.8 Å². The number of anilines is 1. The number of amides is 1. The molecule has 0 fully saturated rings. The van der Waals surface area contributed by atoms with E-state index in [4.69, 9.17) is 16.9 Å². The summed E-state index contributed by atoms with van der Waals surface area (Å²) in [6.07, 6.45) is 0. The first-order valence-corrected chi connectivity index (χ1v) is 8.77. The molecule has 2 rings (SSSR count). The number of sulfonamides is 1. The minimum atomic E-state index is -3.93. The lowest BCUT2D eigenvalue weighted by Gasteiger charge is -2.17. The highest BCUT2D eigenvalue weighted by atomic mass is 35.5. The van der Waals surface area contributed by atoms with Gasteiger partial charge in [-0.2, -0.15) is 9.57 Å². The topological polar surface area (TPSA) is 90.3 Å². The first-order valence-electron chi connectivity index (χ1n) is 6.95. The van der Waals surface area contributed by atoms with Crippen molar-refractivity contribution >= 4 is 33.2 Å². The van der Waals surface area contributed by atoms with E-state index in [1.807, 2.05) is 6.07 Å². The molecule has 25 heavy (non-hydrogen) atoms. The molecule has 0 saturated carbocycles. The summed E-state index contributed by atoms with van der Waals surface area (Å²) < 4.78 is 38.4. The van der Waals surface area contributed by atoms with Crippen LogP contribution >= 0.6 is 11.6 Å². The van der Waals surface area contributed by atoms with Crippen molar-refractivity contribution in [3.8, 4) is 6.07 Å². The van der Waals surface area contributed by atoms with Crippen LogP contribution in [0, 0.1) is 17.1 Å². The molecule has 2 aromatic rings. The van der Waals surface area contributed by atoms with Crippen molar-refractivity contribution in [3.63, 3.8) is 0 Å². The van der Waals surface area contributed by atoms with E-state index in [1.165, 1.54) is 25.2 Å². The standard InChI is InChI=1S/C16H13ClFN3O3S/c1-21(25(23,24)14-5-2-12(18)3-6-14)10-16(22)20-13-4-7-15(17)11(8-13)9-19/h2-8H,10H2,1H3,(H,20,22). The predicted octanol–water partition coefficient (Wildman–Crippen LogP) is 2.61. The Labute approximate surface area is 149 Å². The fourth-order valence-electron chi connectivity index (χ4n) is 1.96. The van der Waals surface area contributed by atoms with Crippen LogP contribution in [0.1, 0.15) is 5.56 Å². The maximum atomic E-state index is 12.9. The van der Waals surface area contributed by atoms with Crippen LogP contribution in [0.25, 0.3) is 0 Å². The SMILES string of the molecule is CN(CC(=O)Nc1ccc(Cl)c(C#N)c1)S(=O)(=O)c1ccc(F)cc1. The van der Waals surface area contributed by atoms with Crippen molar-refractivity contribution in [1.82, 2.24) is 4.31 Å². The molecule has 0 aromatic heterocycles. The number of carbonyl (C=O) groups excluding carboxylic acids is 1. The molecule has 9 heteroatoms. The number of halogens is 2. The Morgan fingerprint density at radius 3 is 2.52 bits per heavy atom. The summed E-state index contributed by atoms with van der Waals surface area (Å²) in [6.45, 7) is -0.454. The largest absolute Gasteiger partial charge is 0.325 e. The van der Waals surface area contributed by atoms with Crippen LogP contribution in [-0.4, -0.2) is 32.2 Å². The highest BCUT2D eigenvalue weighted by molar-refractivity contribution is 7.89. The van der Waals surface area contributed by atoms with Crippen molar-refractivity contribution in [3.05, 3.63) is 58.9 Å². The summed E-state index contributed by atoms with van der Waals surface area (Å²) in [5.74, 6) is -1.16. The average molecular weight is 382 g/mol. The van der Waals surface area contributed by atoms with Gasteiger partial charge in [-0.15, -0.1) is 0 Å². The molecular weight excluding hydrogens is 369 g/mol. The molecule has 0 aliphatic rings. The van der Waals surface area contributed by atoms with Crippen LogP contribution in [0.4, 0.5) is 10.1 Å². The molecule has 1 amide bonds. The third-order valence-corrected chi connectivity index (χ3v) is 5.41. The summed E-state index contributed by atoms with van der Waals surface area (Å²) in [5.41, 5.74) is 0.505. The Morgan fingerprint density at radius 1 is 1.28 bits per heavy atom. The minimum Gasteiger partial charge on any atom is -0.325 e. The maximum Gasteiger partial charge on any atom is 0.243 e. The third-order valence-electron chi connectivity index (χ3n) is 3.26. The summed E-state index contributed by atoms with van der Waals surface area (Å²) in [7, 11) is -2.69. The molecule has 0 spiro atoms. The van der Waals surface area contributed by atoms with Gasteiger partial charge in [0, 0.05) is 12.7 Å². The van der Waals surface area contributed by atoms with E-state index in [2.05, 4.69) is 5.32 Å². The molecule has 6 nitrogen and oxygen atoms in total. The number of likely N-dealkylation sites (N-methyl/N-ethyl adjacent to an activating group) is 1. The molecule has 0 saturated heterocycles. The van der Waals surface area contributed by atoms with Crippen LogP contribution in [0.5, 0.6) is 0 Å². The van der Waals surface area contributed by atoms with Crippen molar-refractivity contribution in [2.45, 2.75) is 4.90 Å². The van der Waals surface area contributed by atoms with E-state index in [9.17, 15) is 17.6 Å².